The Balaban J connectivity index is 3.00. The fourth-order valence-electron chi connectivity index (χ4n) is 1.44. The molecule has 1 aromatic rings. The van der Waals surface area contributed by atoms with Crippen molar-refractivity contribution in [1.29, 1.82) is 0 Å². The van der Waals surface area contributed by atoms with E-state index in [0.717, 1.165) is 24.3 Å². The van der Waals surface area contributed by atoms with Crippen molar-refractivity contribution in [2.24, 2.45) is 0 Å². The highest BCUT2D eigenvalue weighted by Gasteiger charge is 2.31. The minimum atomic E-state index is -3.81. The van der Waals surface area contributed by atoms with Gasteiger partial charge in [0.1, 0.15) is 11.1 Å². The van der Waals surface area contributed by atoms with Gasteiger partial charge in [0.2, 0.25) is 5.91 Å². The van der Waals surface area contributed by atoms with Gasteiger partial charge in [-0.2, -0.15) is 0 Å². The number of benzene rings is 1. The molecule has 19 heavy (non-hydrogen) atoms. The Morgan fingerprint density at radius 3 is 2.11 bits per heavy atom. The Morgan fingerprint density at radius 1 is 1.21 bits per heavy atom. The second-order valence-corrected chi connectivity index (χ2v) is 7.65. The minimum Gasteiger partial charge on any atom is -0.350 e. The summed E-state index contributed by atoms with van der Waals surface area (Å²) in [5, 5.41) is 1.39. The lowest BCUT2D eigenvalue weighted by Gasteiger charge is -2.23. The largest absolute Gasteiger partial charge is 0.350 e. The van der Waals surface area contributed by atoms with Crippen molar-refractivity contribution in [2.75, 3.05) is 0 Å². The zero-order chi connectivity index (χ0) is 14.8. The van der Waals surface area contributed by atoms with Crippen LogP contribution in [0.25, 0.3) is 0 Å². The van der Waals surface area contributed by atoms with Crippen molar-refractivity contribution in [3.63, 3.8) is 0 Å². The van der Waals surface area contributed by atoms with E-state index in [4.69, 9.17) is 0 Å². The van der Waals surface area contributed by atoms with Gasteiger partial charge < -0.3 is 5.32 Å². The van der Waals surface area contributed by atoms with Gasteiger partial charge in [-0.1, -0.05) is 0 Å². The smallest absolute Gasteiger partial charge is 0.238 e. The van der Waals surface area contributed by atoms with Crippen LogP contribution in [0.1, 0.15) is 27.7 Å². The normalized spacial score (nSPS) is 13.9. The molecule has 1 aromatic carbocycles. The van der Waals surface area contributed by atoms with Crippen LogP contribution in [0.4, 0.5) is 4.39 Å². The number of carbonyl (C=O) groups excluding carboxylic acids is 1. The van der Waals surface area contributed by atoms with Gasteiger partial charge in [-0.3, -0.25) is 4.79 Å². The highest BCUT2D eigenvalue weighted by Crippen LogP contribution is 2.17. The number of halogens is 1. The van der Waals surface area contributed by atoms with Crippen LogP contribution in [0.2, 0.25) is 0 Å². The minimum absolute atomic E-state index is 0.0644. The predicted octanol–water partition coefficient (Wildman–Crippen LogP) is 1.90. The summed E-state index contributed by atoms with van der Waals surface area (Å²) >= 11 is 0. The molecule has 0 bridgehead atoms. The molecule has 0 fully saturated rings. The summed E-state index contributed by atoms with van der Waals surface area (Å²) < 4.78 is 37.2. The molecule has 1 N–H and O–H groups in total. The number of hydrogen-bond donors (Lipinski definition) is 1. The van der Waals surface area contributed by atoms with E-state index >= 15 is 0 Å². The molecule has 106 valence electrons. The van der Waals surface area contributed by atoms with Crippen LogP contribution in [0, 0.1) is 5.82 Å². The van der Waals surface area contributed by atoms with E-state index in [-0.39, 0.29) is 4.90 Å². The summed E-state index contributed by atoms with van der Waals surface area (Å²) in [6.07, 6.45) is 0. The zero-order valence-corrected chi connectivity index (χ0v) is 12.2. The summed E-state index contributed by atoms with van der Waals surface area (Å²) in [7, 11) is -3.81. The summed E-state index contributed by atoms with van der Waals surface area (Å²) in [6.45, 7) is 6.62. The van der Waals surface area contributed by atoms with E-state index in [1.54, 1.807) is 20.8 Å². The highest BCUT2D eigenvalue weighted by atomic mass is 32.2. The van der Waals surface area contributed by atoms with Crippen molar-refractivity contribution < 1.29 is 17.6 Å². The van der Waals surface area contributed by atoms with Crippen LogP contribution in [-0.2, 0) is 14.6 Å². The molecule has 0 heterocycles. The average Bonchev–Trinajstić information content (AvgIpc) is 2.26. The predicted molar refractivity (Wildman–Crippen MR) is 70.9 cm³/mol. The summed E-state index contributed by atoms with van der Waals surface area (Å²) in [5.74, 6) is -1.09. The molecule has 0 saturated carbocycles. The van der Waals surface area contributed by atoms with Crippen molar-refractivity contribution in [1.82, 2.24) is 5.32 Å². The van der Waals surface area contributed by atoms with Crippen LogP contribution in [-0.4, -0.2) is 25.1 Å². The zero-order valence-electron chi connectivity index (χ0n) is 11.4. The summed E-state index contributed by atoms with van der Waals surface area (Å²) in [6, 6.07) is 4.43. The topological polar surface area (TPSA) is 63.2 Å². The molecule has 0 aliphatic carbocycles. The Hall–Kier alpha value is -1.43. The first-order valence-electron chi connectivity index (χ1n) is 5.85. The maximum absolute atomic E-state index is 12.8. The molecule has 1 amide bonds. The van der Waals surface area contributed by atoms with E-state index in [1.807, 2.05) is 0 Å². The number of amides is 1. The van der Waals surface area contributed by atoms with E-state index < -0.39 is 32.4 Å². The Bertz CT molecular complexity index is 559. The maximum Gasteiger partial charge on any atom is 0.238 e. The number of rotatable bonds is 3. The highest BCUT2D eigenvalue weighted by molar-refractivity contribution is 7.92. The second kappa shape index (κ2) is 5.28. The van der Waals surface area contributed by atoms with Crippen LogP contribution < -0.4 is 5.32 Å². The molecular formula is C13H18FNO3S. The lowest BCUT2D eigenvalue weighted by molar-refractivity contribution is -0.121. The first-order chi connectivity index (χ1) is 8.54. The first-order valence-corrected chi connectivity index (χ1v) is 7.40. The summed E-state index contributed by atoms with van der Waals surface area (Å²) in [4.78, 5) is 11.8. The lowest BCUT2D eigenvalue weighted by Crippen LogP contribution is -2.47. The van der Waals surface area contributed by atoms with E-state index in [2.05, 4.69) is 5.32 Å². The Morgan fingerprint density at radius 2 is 1.68 bits per heavy atom. The van der Waals surface area contributed by atoms with Crippen molar-refractivity contribution in [3.05, 3.63) is 30.1 Å². The van der Waals surface area contributed by atoms with Crippen molar-refractivity contribution >= 4 is 15.7 Å². The number of carbonyl (C=O) groups is 1. The SMILES string of the molecule is CC(C(=O)NC(C)(C)C)S(=O)(=O)c1ccc(F)cc1. The van der Waals surface area contributed by atoms with Crippen LogP contribution in [0.5, 0.6) is 0 Å². The molecular weight excluding hydrogens is 269 g/mol. The lowest BCUT2D eigenvalue weighted by atomic mass is 10.1. The Kier molecular flexibility index (Phi) is 4.35. The Labute approximate surface area is 112 Å². The number of sulfone groups is 1. The van der Waals surface area contributed by atoms with Crippen LogP contribution in [0.3, 0.4) is 0 Å². The summed E-state index contributed by atoms with van der Waals surface area (Å²) in [5.41, 5.74) is -0.510. The van der Waals surface area contributed by atoms with Gasteiger partial charge in [0.15, 0.2) is 9.84 Å². The molecule has 0 spiro atoms. The van der Waals surface area contributed by atoms with Gasteiger partial charge in [-0.15, -0.1) is 0 Å². The van der Waals surface area contributed by atoms with Gasteiger partial charge in [-0.25, -0.2) is 12.8 Å². The second-order valence-electron chi connectivity index (χ2n) is 5.38. The quantitative estimate of drug-likeness (QED) is 0.864. The van der Waals surface area contributed by atoms with E-state index in [0.29, 0.717) is 0 Å². The fraction of sp³-hybridized carbons (Fsp3) is 0.462. The monoisotopic (exact) mass is 287 g/mol. The third-order valence-electron chi connectivity index (χ3n) is 2.48. The van der Waals surface area contributed by atoms with Crippen LogP contribution >= 0.6 is 0 Å². The average molecular weight is 287 g/mol. The molecule has 6 heteroatoms. The molecule has 1 rings (SSSR count). The number of hydrogen-bond acceptors (Lipinski definition) is 3. The molecule has 4 nitrogen and oxygen atoms in total. The molecule has 1 atom stereocenters. The molecule has 0 radical (unpaired) electrons. The van der Waals surface area contributed by atoms with Gasteiger partial charge >= 0.3 is 0 Å². The standard InChI is InChI=1S/C13H18FNO3S/c1-9(12(16)15-13(2,3)4)19(17,18)11-7-5-10(14)6-8-11/h5-9H,1-4H3,(H,15,16). The van der Waals surface area contributed by atoms with Crippen molar-refractivity contribution in [3.8, 4) is 0 Å². The fourth-order valence-corrected chi connectivity index (χ4v) is 2.70. The van der Waals surface area contributed by atoms with E-state index in [9.17, 15) is 17.6 Å². The third kappa shape index (κ3) is 4.02. The molecule has 0 saturated heterocycles. The van der Waals surface area contributed by atoms with E-state index in [1.165, 1.54) is 6.92 Å². The molecule has 0 aliphatic heterocycles. The third-order valence-corrected chi connectivity index (χ3v) is 4.55. The number of nitrogens with one attached hydrogen (secondary N) is 1. The first kappa shape index (κ1) is 15.6. The molecule has 1 unspecified atom stereocenters. The van der Waals surface area contributed by atoms with Gasteiger partial charge in [0, 0.05) is 5.54 Å². The molecule has 0 aromatic heterocycles. The maximum atomic E-state index is 12.8. The van der Waals surface area contributed by atoms with Crippen molar-refractivity contribution in [2.45, 2.75) is 43.4 Å². The van der Waals surface area contributed by atoms with Crippen LogP contribution in [0.15, 0.2) is 29.2 Å². The molecule has 0 aliphatic rings. The van der Waals surface area contributed by atoms with Gasteiger partial charge in [0.05, 0.1) is 4.90 Å². The van der Waals surface area contributed by atoms with Gasteiger partial charge in [-0.05, 0) is 52.0 Å². The van der Waals surface area contributed by atoms with Gasteiger partial charge in [0.25, 0.3) is 0 Å².